The number of nitrogens with one attached hydrogen (secondary N) is 1. The summed E-state index contributed by atoms with van der Waals surface area (Å²) in [6.07, 6.45) is 0.742. The minimum Gasteiger partial charge on any atom is -0.353 e. The van der Waals surface area contributed by atoms with Gasteiger partial charge in [-0.05, 0) is 17.8 Å². The van der Waals surface area contributed by atoms with Crippen molar-refractivity contribution in [1.29, 1.82) is 0 Å². The largest absolute Gasteiger partial charge is 0.353 e. The Hall–Kier alpha value is -0.530. The van der Waals surface area contributed by atoms with Gasteiger partial charge in [0.05, 0.1) is 0 Å². The maximum Gasteiger partial charge on any atom is 0.220 e. The van der Waals surface area contributed by atoms with Crippen LogP contribution in [0.15, 0.2) is 0 Å². The van der Waals surface area contributed by atoms with Gasteiger partial charge >= 0.3 is 0 Å². The number of carbonyl (C=O) groups excluding carboxylic acids is 1. The summed E-state index contributed by atoms with van der Waals surface area (Å²) in [6, 6.07) is 0.524. The standard InChI is InChI=1S/C8H13NO/c1-4-3-6(10)9-8-5(2)7(4)8/h4-5,7-8H,3H2,1-2H3,(H,9,10)/t4?,5?,7-,8-/m1/s1. The van der Waals surface area contributed by atoms with Gasteiger partial charge in [0.15, 0.2) is 0 Å². The molecule has 2 nitrogen and oxygen atoms in total. The van der Waals surface area contributed by atoms with Gasteiger partial charge < -0.3 is 5.32 Å². The van der Waals surface area contributed by atoms with Crippen LogP contribution in [0.25, 0.3) is 0 Å². The van der Waals surface area contributed by atoms with Gasteiger partial charge in [-0.15, -0.1) is 0 Å². The monoisotopic (exact) mass is 139 g/mol. The number of amides is 1. The third-order valence-corrected chi connectivity index (χ3v) is 2.94. The molecule has 0 aromatic heterocycles. The Morgan fingerprint density at radius 2 is 2.20 bits per heavy atom. The second-order valence-electron chi connectivity index (χ2n) is 3.71. The lowest BCUT2D eigenvalue weighted by atomic mass is 9.98. The number of fused-ring (bicyclic) bond motifs is 1. The summed E-state index contributed by atoms with van der Waals surface area (Å²) in [5.74, 6) is 2.39. The van der Waals surface area contributed by atoms with E-state index in [4.69, 9.17) is 0 Å². The smallest absolute Gasteiger partial charge is 0.220 e. The summed E-state index contributed by atoms with van der Waals surface area (Å²) in [4.78, 5) is 10.9. The zero-order chi connectivity index (χ0) is 7.30. The SMILES string of the molecule is CC1CC(=O)N[C@@H]2C(C)[C@@H]12. The van der Waals surface area contributed by atoms with Gasteiger partial charge in [-0.25, -0.2) is 0 Å². The molecule has 2 aliphatic rings. The van der Waals surface area contributed by atoms with E-state index in [9.17, 15) is 4.79 Å². The van der Waals surface area contributed by atoms with Crippen molar-refractivity contribution in [3.8, 4) is 0 Å². The number of carbonyl (C=O) groups is 1. The van der Waals surface area contributed by atoms with Crippen LogP contribution in [0.4, 0.5) is 0 Å². The van der Waals surface area contributed by atoms with E-state index in [1.165, 1.54) is 0 Å². The maximum absolute atomic E-state index is 10.9. The molecule has 1 heterocycles. The molecule has 2 rings (SSSR count). The van der Waals surface area contributed by atoms with E-state index >= 15 is 0 Å². The first kappa shape index (κ1) is 6.20. The second kappa shape index (κ2) is 1.74. The van der Waals surface area contributed by atoms with Crippen LogP contribution in [0.5, 0.6) is 0 Å². The third-order valence-electron chi connectivity index (χ3n) is 2.94. The Bertz CT molecular complexity index is 168. The Kier molecular flexibility index (Phi) is 1.08. The Morgan fingerprint density at radius 3 is 2.80 bits per heavy atom. The average Bonchev–Trinajstić information content (AvgIpc) is 2.42. The molecule has 2 heteroatoms. The van der Waals surface area contributed by atoms with Crippen molar-refractivity contribution in [2.45, 2.75) is 26.3 Å². The van der Waals surface area contributed by atoms with Crippen LogP contribution in [0.1, 0.15) is 20.3 Å². The molecule has 0 radical (unpaired) electrons. The van der Waals surface area contributed by atoms with Gasteiger partial charge in [-0.2, -0.15) is 0 Å². The molecule has 56 valence electrons. The van der Waals surface area contributed by atoms with Crippen molar-refractivity contribution in [1.82, 2.24) is 5.32 Å². The minimum atomic E-state index is 0.248. The highest BCUT2D eigenvalue weighted by Gasteiger charge is 2.53. The highest BCUT2D eigenvalue weighted by atomic mass is 16.1. The lowest BCUT2D eigenvalue weighted by molar-refractivity contribution is -0.123. The van der Waals surface area contributed by atoms with Crippen LogP contribution in [-0.4, -0.2) is 11.9 Å². The van der Waals surface area contributed by atoms with E-state index in [0.29, 0.717) is 12.0 Å². The van der Waals surface area contributed by atoms with Crippen LogP contribution in [0.2, 0.25) is 0 Å². The lowest BCUT2D eigenvalue weighted by Gasteiger charge is -2.16. The van der Waals surface area contributed by atoms with E-state index in [0.717, 1.165) is 18.3 Å². The van der Waals surface area contributed by atoms with Gasteiger partial charge in [0, 0.05) is 12.5 Å². The van der Waals surface area contributed by atoms with Crippen LogP contribution < -0.4 is 5.32 Å². The molecule has 1 saturated carbocycles. The normalized spacial score (nSPS) is 51.6. The molecule has 0 aromatic rings. The highest BCUT2D eigenvalue weighted by molar-refractivity contribution is 5.78. The summed E-state index contributed by atoms with van der Waals surface area (Å²) < 4.78 is 0. The first-order valence-corrected chi connectivity index (χ1v) is 3.99. The molecule has 1 amide bonds. The van der Waals surface area contributed by atoms with Gasteiger partial charge in [0.1, 0.15) is 0 Å². The predicted molar refractivity (Wildman–Crippen MR) is 38.4 cm³/mol. The van der Waals surface area contributed by atoms with Gasteiger partial charge in [0.25, 0.3) is 0 Å². The number of piperidine rings is 1. The fourth-order valence-corrected chi connectivity index (χ4v) is 2.27. The molecule has 2 fully saturated rings. The van der Waals surface area contributed by atoms with Gasteiger partial charge in [0.2, 0.25) is 5.91 Å². The average molecular weight is 139 g/mol. The van der Waals surface area contributed by atoms with E-state index in [1.54, 1.807) is 0 Å². The van der Waals surface area contributed by atoms with E-state index in [1.807, 2.05) is 0 Å². The molecule has 1 aliphatic carbocycles. The molecule has 1 aliphatic heterocycles. The van der Waals surface area contributed by atoms with Crippen LogP contribution in [0.3, 0.4) is 0 Å². The quantitative estimate of drug-likeness (QED) is 0.528. The number of rotatable bonds is 0. The summed E-state index contributed by atoms with van der Waals surface area (Å²) in [5, 5.41) is 2.99. The summed E-state index contributed by atoms with van der Waals surface area (Å²) in [7, 11) is 0. The lowest BCUT2D eigenvalue weighted by Crippen LogP contribution is -2.34. The molecule has 0 spiro atoms. The first-order chi connectivity index (χ1) is 4.70. The van der Waals surface area contributed by atoms with Crippen LogP contribution in [-0.2, 0) is 4.79 Å². The fourth-order valence-electron chi connectivity index (χ4n) is 2.27. The highest BCUT2D eigenvalue weighted by Crippen LogP contribution is 2.47. The van der Waals surface area contributed by atoms with Crippen molar-refractivity contribution < 1.29 is 4.79 Å². The van der Waals surface area contributed by atoms with Crippen molar-refractivity contribution in [2.75, 3.05) is 0 Å². The number of hydrogen-bond acceptors (Lipinski definition) is 1. The van der Waals surface area contributed by atoms with E-state index in [-0.39, 0.29) is 5.91 Å². The molecular weight excluding hydrogens is 126 g/mol. The van der Waals surface area contributed by atoms with Gasteiger partial charge in [-0.1, -0.05) is 13.8 Å². The Balaban J connectivity index is 2.09. The molecule has 1 saturated heterocycles. The molecule has 0 aromatic carbocycles. The zero-order valence-corrected chi connectivity index (χ0v) is 6.42. The van der Waals surface area contributed by atoms with Crippen LogP contribution >= 0.6 is 0 Å². The Labute approximate surface area is 61.0 Å². The second-order valence-corrected chi connectivity index (χ2v) is 3.71. The molecule has 1 N–H and O–H groups in total. The predicted octanol–water partition coefficient (Wildman–Crippen LogP) is 0.777. The van der Waals surface area contributed by atoms with Crippen molar-refractivity contribution >= 4 is 5.91 Å². The van der Waals surface area contributed by atoms with Crippen molar-refractivity contribution in [2.24, 2.45) is 17.8 Å². The first-order valence-electron chi connectivity index (χ1n) is 3.99. The molecule has 4 atom stereocenters. The van der Waals surface area contributed by atoms with Crippen LogP contribution in [0, 0.1) is 17.8 Å². The summed E-state index contributed by atoms with van der Waals surface area (Å²) in [5.41, 5.74) is 0. The Morgan fingerprint density at radius 1 is 1.50 bits per heavy atom. The molecule has 2 unspecified atom stereocenters. The summed E-state index contributed by atoms with van der Waals surface area (Å²) in [6.45, 7) is 4.40. The molecular formula is C8H13NO. The topological polar surface area (TPSA) is 29.1 Å². The third kappa shape index (κ3) is 0.678. The van der Waals surface area contributed by atoms with Gasteiger partial charge in [-0.3, -0.25) is 4.79 Å². The van der Waals surface area contributed by atoms with E-state index in [2.05, 4.69) is 19.2 Å². The maximum atomic E-state index is 10.9. The number of hydrogen-bond donors (Lipinski definition) is 1. The van der Waals surface area contributed by atoms with Crippen molar-refractivity contribution in [3.63, 3.8) is 0 Å². The van der Waals surface area contributed by atoms with E-state index < -0.39 is 0 Å². The summed E-state index contributed by atoms with van der Waals surface area (Å²) >= 11 is 0. The van der Waals surface area contributed by atoms with Crippen molar-refractivity contribution in [3.05, 3.63) is 0 Å². The molecule has 10 heavy (non-hydrogen) atoms. The fraction of sp³-hybridized carbons (Fsp3) is 0.875. The molecule has 0 bridgehead atoms. The zero-order valence-electron chi connectivity index (χ0n) is 6.42. The minimum absolute atomic E-state index is 0.248.